The van der Waals surface area contributed by atoms with Gasteiger partial charge in [-0.25, -0.2) is 18.8 Å². The van der Waals surface area contributed by atoms with Crippen molar-refractivity contribution in [3.8, 4) is 0 Å². The van der Waals surface area contributed by atoms with Crippen LogP contribution >= 0.6 is 0 Å². The molecule has 1 aliphatic rings. The van der Waals surface area contributed by atoms with E-state index in [1.165, 1.54) is 0 Å². The number of carboxylic acids is 4. The van der Waals surface area contributed by atoms with Gasteiger partial charge in [0.15, 0.2) is 0 Å². The van der Waals surface area contributed by atoms with Crippen molar-refractivity contribution in [3.05, 3.63) is 23.3 Å². The third-order valence-corrected chi connectivity index (χ3v) is 3.09. The Labute approximate surface area is 122 Å². The summed E-state index contributed by atoms with van der Waals surface area (Å²) in [6.45, 7) is 0. The van der Waals surface area contributed by atoms with E-state index in [1.807, 2.05) is 0 Å². The van der Waals surface area contributed by atoms with Crippen LogP contribution in [0.15, 0.2) is 23.3 Å². The molecule has 1 rings (SSSR count). The molecule has 0 aromatic heterocycles. The molecular formula is C11H6F4O8. The average Bonchev–Trinajstić information content (AvgIpc) is 2.35. The van der Waals surface area contributed by atoms with Gasteiger partial charge in [-0.05, 0) is 6.08 Å². The van der Waals surface area contributed by atoms with Crippen LogP contribution in [0.25, 0.3) is 0 Å². The van der Waals surface area contributed by atoms with Crippen LogP contribution in [-0.2, 0) is 19.2 Å². The summed E-state index contributed by atoms with van der Waals surface area (Å²) < 4.78 is 53.7. The lowest BCUT2D eigenvalue weighted by molar-refractivity contribution is -0.210. The molecule has 1 aliphatic carbocycles. The van der Waals surface area contributed by atoms with Crippen LogP contribution < -0.4 is 0 Å². The maximum atomic E-state index is 14.3. The molecule has 2 atom stereocenters. The minimum atomic E-state index is -5.89. The zero-order valence-electron chi connectivity index (χ0n) is 10.6. The molecule has 0 aromatic carbocycles. The lowest BCUT2D eigenvalue weighted by Crippen LogP contribution is -2.53. The van der Waals surface area contributed by atoms with Crippen molar-refractivity contribution in [3.63, 3.8) is 0 Å². The highest BCUT2D eigenvalue weighted by Crippen LogP contribution is 2.52. The van der Waals surface area contributed by atoms with Crippen LogP contribution in [0, 0.1) is 5.41 Å². The predicted octanol–water partition coefficient (Wildman–Crippen LogP) is 0.448. The quantitative estimate of drug-likeness (QED) is 0.425. The number of hydrogen-bond acceptors (Lipinski definition) is 4. The van der Waals surface area contributed by atoms with Gasteiger partial charge in [0, 0.05) is 0 Å². The predicted molar refractivity (Wildman–Crippen MR) is 59.0 cm³/mol. The third-order valence-electron chi connectivity index (χ3n) is 3.09. The second-order valence-electron chi connectivity index (χ2n) is 4.32. The number of rotatable bonds is 4. The summed E-state index contributed by atoms with van der Waals surface area (Å²) in [4.78, 5) is 44.0. The fourth-order valence-electron chi connectivity index (χ4n) is 2.04. The third kappa shape index (κ3) is 2.31. The molecule has 0 amide bonds. The van der Waals surface area contributed by atoms with Crippen molar-refractivity contribution in [2.45, 2.75) is 11.8 Å². The Kier molecular flexibility index (Phi) is 4.00. The Balaban J connectivity index is 4.08. The van der Waals surface area contributed by atoms with Gasteiger partial charge < -0.3 is 20.4 Å². The monoisotopic (exact) mass is 342 g/mol. The summed E-state index contributed by atoms with van der Waals surface area (Å²) in [6, 6.07) is 0. The highest BCUT2D eigenvalue weighted by molar-refractivity contribution is 6.11. The van der Waals surface area contributed by atoms with E-state index in [1.54, 1.807) is 0 Å². The first-order chi connectivity index (χ1) is 10.2. The lowest BCUT2D eigenvalue weighted by atomic mass is 9.69. The summed E-state index contributed by atoms with van der Waals surface area (Å²) in [7, 11) is 0. The zero-order chi connectivity index (χ0) is 18.4. The second kappa shape index (κ2) is 5.07. The van der Waals surface area contributed by atoms with E-state index in [9.17, 15) is 36.7 Å². The van der Waals surface area contributed by atoms with E-state index >= 15 is 0 Å². The van der Waals surface area contributed by atoms with E-state index in [4.69, 9.17) is 20.4 Å². The van der Waals surface area contributed by atoms with Crippen LogP contribution in [0.1, 0.15) is 0 Å². The first-order valence-corrected chi connectivity index (χ1v) is 5.38. The highest BCUT2D eigenvalue weighted by atomic mass is 19.4. The van der Waals surface area contributed by atoms with E-state index in [2.05, 4.69) is 0 Å². The van der Waals surface area contributed by atoms with E-state index in [0.717, 1.165) is 0 Å². The number of alkyl halides is 4. The van der Waals surface area contributed by atoms with E-state index in [-0.39, 0.29) is 0 Å². The molecule has 0 saturated carbocycles. The van der Waals surface area contributed by atoms with Crippen molar-refractivity contribution in [2.24, 2.45) is 5.41 Å². The number of halogens is 4. The lowest BCUT2D eigenvalue weighted by Gasteiger charge is -2.35. The number of carboxylic acid groups (broad SMARTS) is 4. The van der Waals surface area contributed by atoms with Crippen molar-refractivity contribution >= 4 is 23.9 Å². The van der Waals surface area contributed by atoms with Crippen molar-refractivity contribution in [1.29, 1.82) is 0 Å². The molecule has 23 heavy (non-hydrogen) atoms. The molecular weight excluding hydrogens is 336 g/mol. The van der Waals surface area contributed by atoms with Crippen LogP contribution in [0.5, 0.6) is 0 Å². The summed E-state index contributed by atoms with van der Waals surface area (Å²) in [6.07, 6.45) is -6.87. The van der Waals surface area contributed by atoms with Gasteiger partial charge in [-0.1, -0.05) is 6.08 Å². The molecule has 0 heterocycles. The van der Waals surface area contributed by atoms with Crippen molar-refractivity contribution < 1.29 is 57.2 Å². The highest BCUT2D eigenvalue weighted by Gasteiger charge is 2.69. The van der Waals surface area contributed by atoms with Crippen molar-refractivity contribution in [1.82, 2.24) is 0 Å². The Morgan fingerprint density at radius 1 is 0.826 bits per heavy atom. The van der Waals surface area contributed by atoms with Gasteiger partial charge in [-0.3, -0.25) is 4.79 Å². The fraction of sp³-hybridized carbons (Fsp3) is 0.273. The summed E-state index contributed by atoms with van der Waals surface area (Å²) in [5, 5.41) is 35.1. The Morgan fingerprint density at radius 3 is 1.52 bits per heavy atom. The molecule has 0 bridgehead atoms. The Bertz CT molecular complexity index is 676. The molecule has 0 saturated heterocycles. The first-order valence-electron chi connectivity index (χ1n) is 5.38. The molecule has 2 unspecified atom stereocenters. The number of aliphatic carboxylic acids is 4. The molecule has 0 radical (unpaired) electrons. The average molecular weight is 342 g/mol. The maximum Gasteiger partial charge on any atom is 0.412 e. The summed E-state index contributed by atoms with van der Waals surface area (Å²) >= 11 is 0. The van der Waals surface area contributed by atoms with Crippen LogP contribution in [-0.4, -0.2) is 56.1 Å². The van der Waals surface area contributed by atoms with Gasteiger partial charge in [0.2, 0.25) is 5.41 Å². The summed E-state index contributed by atoms with van der Waals surface area (Å²) in [5.74, 6) is -10.9. The van der Waals surface area contributed by atoms with Crippen LogP contribution in [0.2, 0.25) is 0 Å². The van der Waals surface area contributed by atoms with Crippen molar-refractivity contribution in [2.75, 3.05) is 0 Å². The normalized spacial score (nSPS) is 27.7. The minimum absolute atomic E-state index is 0.452. The molecule has 12 heteroatoms. The Hall–Kier alpha value is -2.92. The molecule has 0 aromatic rings. The molecule has 0 aliphatic heterocycles. The Morgan fingerprint density at radius 2 is 1.26 bits per heavy atom. The minimum Gasteiger partial charge on any atom is -0.480 e. The molecule has 4 N–H and O–H groups in total. The zero-order valence-corrected chi connectivity index (χ0v) is 10.6. The van der Waals surface area contributed by atoms with Gasteiger partial charge in [-0.2, -0.15) is 13.2 Å². The van der Waals surface area contributed by atoms with Crippen LogP contribution in [0.4, 0.5) is 17.6 Å². The van der Waals surface area contributed by atoms with Crippen LogP contribution in [0.3, 0.4) is 0 Å². The van der Waals surface area contributed by atoms with Gasteiger partial charge in [0.1, 0.15) is 5.57 Å². The maximum absolute atomic E-state index is 14.3. The molecule has 0 fully saturated rings. The fourth-order valence-corrected chi connectivity index (χ4v) is 2.04. The topological polar surface area (TPSA) is 149 Å². The largest absolute Gasteiger partial charge is 0.480 e. The molecule has 126 valence electrons. The van der Waals surface area contributed by atoms with E-state index in [0.29, 0.717) is 0 Å². The van der Waals surface area contributed by atoms with Gasteiger partial charge in [-0.15, -0.1) is 0 Å². The second-order valence-corrected chi connectivity index (χ2v) is 4.32. The first kappa shape index (κ1) is 18.1. The smallest absolute Gasteiger partial charge is 0.412 e. The van der Waals surface area contributed by atoms with E-state index < -0.39 is 64.4 Å². The standard InChI is InChI=1S/C11H6F4O8/c12-10(8(22)23)2-1-9(7(20)21,11(13,14)15)3(5(16)17)4(10)6(18)19/h1-2H,(H,16,17)(H,18,19)(H,20,21)(H,22,23). The van der Waals surface area contributed by atoms with Gasteiger partial charge >= 0.3 is 30.1 Å². The molecule has 0 spiro atoms. The number of hydrogen-bond donors (Lipinski definition) is 4. The van der Waals surface area contributed by atoms with Gasteiger partial charge in [0.25, 0.3) is 5.67 Å². The van der Waals surface area contributed by atoms with Gasteiger partial charge in [0.05, 0.1) is 5.57 Å². The SMILES string of the molecule is O=C(O)C1=C(C(=O)O)C(C(=O)O)(C(F)(F)F)C=CC1(F)C(=O)O. The summed E-state index contributed by atoms with van der Waals surface area (Å²) in [5.41, 5.74) is -13.4. The number of carbonyl (C=O) groups is 4. The molecule has 8 nitrogen and oxygen atoms in total.